The van der Waals surface area contributed by atoms with Gasteiger partial charge in [0.05, 0.1) is 6.04 Å². The fraction of sp³-hybridized carbons (Fsp3) is 0.636. The zero-order valence-corrected chi connectivity index (χ0v) is 10.5. The molecular weight excluding hydrogens is 234 g/mol. The Balaban J connectivity index is 2.29. The number of rotatable bonds is 1. The number of fused-ring (bicyclic) bond motifs is 1. The van der Waals surface area contributed by atoms with Gasteiger partial charge in [0.15, 0.2) is 11.2 Å². The van der Waals surface area contributed by atoms with E-state index in [9.17, 15) is 9.59 Å². The number of aryl methyl sites for hydroxylation is 1. The third-order valence-corrected chi connectivity index (χ3v) is 3.66. The Hall–Kier alpha value is -1.92. The predicted molar refractivity (Wildman–Crippen MR) is 65.5 cm³/mol. The molecule has 2 aromatic heterocycles. The van der Waals surface area contributed by atoms with Crippen molar-refractivity contribution < 1.29 is 0 Å². The van der Waals surface area contributed by atoms with Gasteiger partial charge >= 0.3 is 5.69 Å². The largest absolute Gasteiger partial charge is 0.332 e. The van der Waals surface area contributed by atoms with Crippen LogP contribution < -0.4 is 11.2 Å². The van der Waals surface area contributed by atoms with Crippen LogP contribution in [0.3, 0.4) is 0 Å². The second-order valence-electron chi connectivity index (χ2n) is 4.84. The minimum Gasteiger partial charge on any atom is -0.278 e. The first kappa shape index (κ1) is 11.2. The second-order valence-corrected chi connectivity index (χ2v) is 4.84. The number of nitrogens with zero attached hydrogens (tertiary/aromatic N) is 5. The summed E-state index contributed by atoms with van der Waals surface area (Å²) in [5.74, 6) is 0. The van der Waals surface area contributed by atoms with E-state index in [0.29, 0.717) is 5.65 Å². The lowest BCUT2D eigenvalue weighted by atomic mass is 10.3. The molecule has 18 heavy (non-hydrogen) atoms. The molecule has 0 unspecified atom stereocenters. The SMILES string of the molecule is Cn1c(=O)c2nn(C3CCCC3)nc2n(C)c1=O. The highest BCUT2D eigenvalue weighted by atomic mass is 16.2. The molecule has 0 N–H and O–H groups in total. The van der Waals surface area contributed by atoms with Crippen LogP contribution in [-0.2, 0) is 14.1 Å². The standard InChI is InChI=1S/C11H15N5O2/c1-14-9-8(10(17)15(2)11(14)18)12-16(13-9)7-5-3-4-6-7/h7H,3-6H2,1-2H3. The van der Waals surface area contributed by atoms with Crippen molar-refractivity contribution in [2.24, 2.45) is 14.1 Å². The normalized spacial score (nSPS) is 16.8. The van der Waals surface area contributed by atoms with Crippen LogP contribution in [0.2, 0.25) is 0 Å². The van der Waals surface area contributed by atoms with Crippen molar-refractivity contribution in [3.63, 3.8) is 0 Å². The van der Waals surface area contributed by atoms with Crippen LogP contribution in [0, 0.1) is 0 Å². The van der Waals surface area contributed by atoms with E-state index < -0.39 is 0 Å². The van der Waals surface area contributed by atoms with E-state index in [-0.39, 0.29) is 22.8 Å². The molecule has 1 fully saturated rings. The van der Waals surface area contributed by atoms with E-state index >= 15 is 0 Å². The zero-order chi connectivity index (χ0) is 12.9. The van der Waals surface area contributed by atoms with E-state index in [2.05, 4.69) is 10.2 Å². The summed E-state index contributed by atoms with van der Waals surface area (Å²) >= 11 is 0. The van der Waals surface area contributed by atoms with Gasteiger partial charge in [0.1, 0.15) is 0 Å². The summed E-state index contributed by atoms with van der Waals surface area (Å²) < 4.78 is 2.44. The Morgan fingerprint density at radius 2 is 1.72 bits per heavy atom. The van der Waals surface area contributed by atoms with Crippen molar-refractivity contribution in [3.05, 3.63) is 20.8 Å². The van der Waals surface area contributed by atoms with Gasteiger partial charge in [0.25, 0.3) is 5.56 Å². The summed E-state index contributed by atoms with van der Waals surface area (Å²) in [7, 11) is 3.07. The van der Waals surface area contributed by atoms with Crippen LogP contribution in [0.15, 0.2) is 9.59 Å². The molecule has 1 saturated carbocycles. The molecule has 7 nitrogen and oxygen atoms in total. The Bertz CT molecular complexity index is 717. The average Bonchev–Trinajstić information content (AvgIpc) is 3.01. The molecule has 0 bridgehead atoms. The summed E-state index contributed by atoms with van der Waals surface area (Å²) in [6.07, 6.45) is 4.41. The van der Waals surface area contributed by atoms with Crippen molar-refractivity contribution in [2.75, 3.05) is 0 Å². The first-order chi connectivity index (χ1) is 8.59. The van der Waals surface area contributed by atoms with E-state index in [1.807, 2.05) is 0 Å². The molecule has 1 aliphatic rings. The maximum Gasteiger partial charge on any atom is 0.332 e. The number of hydrogen-bond acceptors (Lipinski definition) is 4. The van der Waals surface area contributed by atoms with Crippen LogP contribution in [0.25, 0.3) is 11.2 Å². The molecule has 0 aromatic carbocycles. The molecule has 7 heteroatoms. The van der Waals surface area contributed by atoms with E-state index in [1.54, 1.807) is 11.8 Å². The minimum atomic E-state index is -0.377. The summed E-state index contributed by atoms with van der Waals surface area (Å²) in [6, 6.07) is 0.261. The highest BCUT2D eigenvalue weighted by Gasteiger charge is 2.21. The topological polar surface area (TPSA) is 74.7 Å². The molecule has 2 heterocycles. The fourth-order valence-electron chi connectivity index (χ4n) is 2.54. The summed E-state index contributed by atoms with van der Waals surface area (Å²) in [6.45, 7) is 0. The Morgan fingerprint density at radius 1 is 1.06 bits per heavy atom. The van der Waals surface area contributed by atoms with Gasteiger partial charge in [-0.3, -0.25) is 13.9 Å². The van der Waals surface area contributed by atoms with Crippen molar-refractivity contribution >= 4 is 11.2 Å². The van der Waals surface area contributed by atoms with Crippen molar-refractivity contribution in [1.29, 1.82) is 0 Å². The van der Waals surface area contributed by atoms with Gasteiger partial charge in [0.2, 0.25) is 0 Å². The Morgan fingerprint density at radius 3 is 2.39 bits per heavy atom. The van der Waals surface area contributed by atoms with Crippen LogP contribution in [0.4, 0.5) is 0 Å². The van der Waals surface area contributed by atoms with Crippen LogP contribution in [-0.4, -0.2) is 24.1 Å². The van der Waals surface area contributed by atoms with E-state index in [4.69, 9.17) is 0 Å². The molecular formula is C11H15N5O2. The smallest absolute Gasteiger partial charge is 0.278 e. The lowest BCUT2D eigenvalue weighted by molar-refractivity contribution is 0.417. The van der Waals surface area contributed by atoms with Crippen molar-refractivity contribution in [3.8, 4) is 0 Å². The first-order valence-corrected chi connectivity index (χ1v) is 6.12. The third kappa shape index (κ3) is 1.43. The van der Waals surface area contributed by atoms with Crippen LogP contribution in [0.5, 0.6) is 0 Å². The van der Waals surface area contributed by atoms with E-state index in [1.165, 1.54) is 24.5 Å². The minimum absolute atomic E-state index is 0.261. The second kappa shape index (κ2) is 3.79. The Labute approximate surface area is 103 Å². The van der Waals surface area contributed by atoms with Gasteiger partial charge in [-0.15, -0.1) is 10.2 Å². The number of aromatic nitrogens is 5. The van der Waals surface area contributed by atoms with Crippen LogP contribution >= 0.6 is 0 Å². The average molecular weight is 249 g/mol. The molecule has 0 amide bonds. The maximum absolute atomic E-state index is 12.0. The van der Waals surface area contributed by atoms with Gasteiger partial charge in [-0.1, -0.05) is 12.8 Å². The first-order valence-electron chi connectivity index (χ1n) is 6.12. The van der Waals surface area contributed by atoms with Crippen molar-refractivity contribution in [2.45, 2.75) is 31.7 Å². The summed E-state index contributed by atoms with van der Waals surface area (Å²) in [4.78, 5) is 25.4. The van der Waals surface area contributed by atoms with Crippen molar-refractivity contribution in [1.82, 2.24) is 24.1 Å². The lowest BCUT2D eigenvalue weighted by Crippen LogP contribution is -2.36. The van der Waals surface area contributed by atoms with Gasteiger partial charge in [-0.2, -0.15) is 4.80 Å². The quantitative estimate of drug-likeness (QED) is 0.709. The monoisotopic (exact) mass is 249 g/mol. The molecule has 0 spiro atoms. The fourth-order valence-corrected chi connectivity index (χ4v) is 2.54. The molecule has 1 aliphatic carbocycles. The zero-order valence-electron chi connectivity index (χ0n) is 10.5. The summed E-state index contributed by atoms with van der Waals surface area (Å²) in [5, 5.41) is 8.58. The maximum atomic E-state index is 12.0. The highest BCUT2D eigenvalue weighted by molar-refractivity contribution is 5.67. The third-order valence-electron chi connectivity index (χ3n) is 3.66. The molecule has 0 radical (unpaired) electrons. The predicted octanol–water partition coefficient (Wildman–Crippen LogP) is -0.0562. The highest BCUT2D eigenvalue weighted by Crippen LogP contribution is 2.28. The molecule has 0 saturated heterocycles. The van der Waals surface area contributed by atoms with Gasteiger partial charge in [-0.05, 0) is 12.8 Å². The molecule has 0 atom stereocenters. The summed E-state index contributed by atoms with van der Waals surface area (Å²) in [5.41, 5.74) is -0.107. The molecule has 2 aromatic rings. The van der Waals surface area contributed by atoms with Gasteiger partial charge in [-0.25, -0.2) is 4.79 Å². The van der Waals surface area contributed by atoms with Gasteiger partial charge < -0.3 is 0 Å². The molecule has 96 valence electrons. The number of hydrogen-bond donors (Lipinski definition) is 0. The van der Waals surface area contributed by atoms with E-state index in [0.717, 1.165) is 17.4 Å². The van der Waals surface area contributed by atoms with Crippen LogP contribution in [0.1, 0.15) is 31.7 Å². The van der Waals surface area contributed by atoms with Gasteiger partial charge in [0, 0.05) is 14.1 Å². The molecule has 0 aliphatic heterocycles. The lowest BCUT2D eigenvalue weighted by Gasteiger charge is -2.05. The molecule has 3 rings (SSSR count). The Kier molecular flexibility index (Phi) is 2.36.